The molecule has 18 heavy (non-hydrogen) atoms. The number of aryl methyl sites for hydroxylation is 1. The van der Waals surface area contributed by atoms with Crippen LogP contribution in [-0.2, 0) is 18.2 Å². The Labute approximate surface area is 109 Å². The largest absolute Gasteiger partial charge is 0.378 e. The Morgan fingerprint density at radius 1 is 1.61 bits per heavy atom. The molecule has 1 N–H and O–H groups in total. The van der Waals surface area contributed by atoms with Crippen LogP contribution in [0.25, 0.3) is 0 Å². The molecule has 0 bridgehead atoms. The maximum atomic E-state index is 5.79. The fourth-order valence-electron chi connectivity index (χ4n) is 2.55. The second-order valence-electron chi connectivity index (χ2n) is 5.64. The van der Waals surface area contributed by atoms with E-state index in [0.29, 0.717) is 6.04 Å². The molecule has 2 unspecified atom stereocenters. The maximum absolute atomic E-state index is 5.79. The Bertz CT molecular complexity index is 390. The van der Waals surface area contributed by atoms with Gasteiger partial charge in [0.15, 0.2) is 0 Å². The van der Waals surface area contributed by atoms with Gasteiger partial charge in [-0.3, -0.25) is 4.68 Å². The Hall–Kier alpha value is -0.940. The molecule has 0 amide bonds. The van der Waals surface area contributed by atoms with Gasteiger partial charge in [-0.25, -0.2) is 4.98 Å². The third-order valence-electron chi connectivity index (χ3n) is 4.01. The number of ether oxygens (including phenoxy) is 1. The van der Waals surface area contributed by atoms with Crippen LogP contribution in [0.5, 0.6) is 0 Å². The summed E-state index contributed by atoms with van der Waals surface area (Å²) in [7, 11) is 1.95. The van der Waals surface area contributed by atoms with E-state index in [1.54, 1.807) is 6.33 Å². The van der Waals surface area contributed by atoms with E-state index in [4.69, 9.17) is 4.74 Å². The van der Waals surface area contributed by atoms with Gasteiger partial charge in [-0.05, 0) is 13.3 Å². The summed E-state index contributed by atoms with van der Waals surface area (Å²) < 4.78 is 7.66. The van der Waals surface area contributed by atoms with Crippen molar-refractivity contribution < 1.29 is 4.74 Å². The summed E-state index contributed by atoms with van der Waals surface area (Å²) in [4.78, 5) is 4.35. The molecule has 1 aromatic heterocycles. The molecule has 0 aromatic carbocycles. The van der Waals surface area contributed by atoms with Crippen LogP contribution in [0, 0.1) is 5.41 Å². The summed E-state index contributed by atoms with van der Waals surface area (Å²) in [6, 6.07) is 0.495. The molecule has 2 rings (SSSR count). The summed E-state index contributed by atoms with van der Waals surface area (Å²) in [6.45, 7) is 8.34. The Kier molecular flexibility index (Phi) is 4.02. The Balaban J connectivity index is 2.12. The monoisotopic (exact) mass is 252 g/mol. The van der Waals surface area contributed by atoms with E-state index in [0.717, 1.165) is 31.8 Å². The summed E-state index contributed by atoms with van der Waals surface area (Å²) >= 11 is 0. The molecule has 1 aromatic rings. The molecule has 2 heterocycles. The number of nitrogens with zero attached hydrogens (tertiary/aromatic N) is 3. The van der Waals surface area contributed by atoms with E-state index in [1.165, 1.54) is 0 Å². The van der Waals surface area contributed by atoms with Crippen LogP contribution in [-0.4, -0.2) is 40.1 Å². The minimum Gasteiger partial charge on any atom is -0.378 e. The predicted molar refractivity (Wildman–Crippen MR) is 70.3 cm³/mol. The molecule has 1 saturated heterocycles. The van der Waals surface area contributed by atoms with Gasteiger partial charge in [0.25, 0.3) is 0 Å². The van der Waals surface area contributed by atoms with Crippen molar-refractivity contribution in [3.8, 4) is 0 Å². The van der Waals surface area contributed by atoms with Crippen molar-refractivity contribution in [3.63, 3.8) is 0 Å². The van der Waals surface area contributed by atoms with Crippen molar-refractivity contribution in [2.24, 2.45) is 12.5 Å². The van der Waals surface area contributed by atoms with E-state index in [-0.39, 0.29) is 11.5 Å². The first-order valence-electron chi connectivity index (χ1n) is 6.71. The first-order valence-corrected chi connectivity index (χ1v) is 6.71. The molecule has 0 aliphatic carbocycles. The number of nitrogens with one attached hydrogen (secondary N) is 1. The van der Waals surface area contributed by atoms with Crippen LogP contribution >= 0.6 is 0 Å². The van der Waals surface area contributed by atoms with Crippen molar-refractivity contribution in [2.75, 3.05) is 13.2 Å². The highest BCUT2D eigenvalue weighted by Crippen LogP contribution is 2.37. The summed E-state index contributed by atoms with van der Waals surface area (Å²) in [5.74, 6) is 1.04. The molecule has 0 radical (unpaired) electrons. The SMILES string of the molecule is CC(C)NCC1(Cc2ncnn2C)CCOC1C. The van der Waals surface area contributed by atoms with Crippen molar-refractivity contribution in [2.45, 2.75) is 45.8 Å². The summed E-state index contributed by atoms with van der Waals surface area (Å²) in [6.07, 6.45) is 3.89. The summed E-state index contributed by atoms with van der Waals surface area (Å²) in [5.41, 5.74) is 0.144. The number of rotatable bonds is 5. The molecule has 5 nitrogen and oxygen atoms in total. The minimum absolute atomic E-state index is 0.144. The van der Waals surface area contributed by atoms with Crippen molar-refractivity contribution in [1.82, 2.24) is 20.1 Å². The highest BCUT2D eigenvalue weighted by molar-refractivity contribution is 5.00. The van der Waals surface area contributed by atoms with Gasteiger partial charge in [0.05, 0.1) is 6.10 Å². The fraction of sp³-hybridized carbons (Fsp3) is 0.846. The molecule has 2 atom stereocenters. The second kappa shape index (κ2) is 5.36. The average molecular weight is 252 g/mol. The normalized spacial score (nSPS) is 28.2. The van der Waals surface area contributed by atoms with Crippen molar-refractivity contribution >= 4 is 0 Å². The van der Waals surface area contributed by atoms with Gasteiger partial charge in [0.1, 0.15) is 12.2 Å². The Morgan fingerprint density at radius 3 is 2.89 bits per heavy atom. The van der Waals surface area contributed by atoms with E-state index in [9.17, 15) is 0 Å². The number of hydrogen-bond donors (Lipinski definition) is 1. The summed E-state index contributed by atoms with van der Waals surface area (Å²) in [5, 5.41) is 7.71. The zero-order valence-corrected chi connectivity index (χ0v) is 11.8. The van der Waals surface area contributed by atoms with Crippen LogP contribution in [0.15, 0.2) is 6.33 Å². The zero-order chi connectivity index (χ0) is 13.2. The highest BCUT2D eigenvalue weighted by Gasteiger charge is 2.42. The van der Waals surface area contributed by atoms with Gasteiger partial charge in [0.2, 0.25) is 0 Å². The fourth-order valence-corrected chi connectivity index (χ4v) is 2.55. The maximum Gasteiger partial charge on any atom is 0.138 e. The van der Waals surface area contributed by atoms with E-state index >= 15 is 0 Å². The van der Waals surface area contributed by atoms with Crippen LogP contribution in [0.4, 0.5) is 0 Å². The van der Waals surface area contributed by atoms with Crippen LogP contribution < -0.4 is 5.32 Å². The molecule has 1 fully saturated rings. The lowest BCUT2D eigenvalue weighted by Crippen LogP contribution is -2.43. The van der Waals surface area contributed by atoms with E-state index < -0.39 is 0 Å². The van der Waals surface area contributed by atoms with Gasteiger partial charge in [-0.1, -0.05) is 13.8 Å². The van der Waals surface area contributed by atoms with Gasteiger partial charge in [-0.15, -0.1) is 0 Å². The van der Waals surface area contributed by atoms with Crippen molar-refractivity contribution in [1.29, 1.82) is 0 Å². The lowest BCUT2D eigenvalue weighted by molar-refractivity contribution is 0.0606. The third kappa shape index (κ3) is 2.72. The molecule has 0 spiro atoms. The Morgan fingerprint density at radius 2 is 2.39 bits per heavy atom. The molecule has 1 aliphatic heterocycles. The minimum atomic E-state index is 0.144. The quantitative estimate of drug-likeness (QED) is 0.854. The van der Waals surface area contributed by atoms with Gasteiger partial charge >= 0.3 is 0 Å². The topological polar surface area (TPSA) is 52.0 Å². The van der Waals surface area contributed by atoms with Gasteiger partial charge in [0, 0.05) is 38.1 Å². The van der Waals surface area contributed by atoms with Crippen molar-refractivity contribution in [3.05, 3.63) is 12.2 Å². The number of aromatic nitrogens is 3. The molecular formula is C13H24N4O. The third-order valence-corrected chi connectivity index (χ3v) is 4.01. The van der Waals surface area contributed by atoms with Gasteiger partial charge < -0.3 is 10.1 Å². The lowest BCUT2D eigenvalue weighted by atomic mass is 9.78. The first kappa shape index (κ1) is 13.5. The molecule has 102 valence electrons. The average Bonchev–Trinajstić information content (AvgIpc) is 2.86. The number of hydrogen-bond acceptors (Lipinski definition) is 4. The van der Waals surface area contributed by atoms with Crippen LogP contribution in [0.3, 0.4) is 0 Å². The highest BCUT2D eigenvalue weighted by atomic mass is 16.5. The standard InChI is InChI=1S/C13H24N4O/c1-10(2)14-8-13(5-6-18-11(13)3)7-12-15-9-16-17(12)4/h9-11,14H,5-8H2,1-4H3. The smallest absolute Gasteiger partial charge is 0.138 e. The van der Waals surface area contributed by atoms with Crippen LogP contribution in [0.1, 0.15) is 33.0 Å². The van der Waals surface area contributed by atoms with Crippen LogP contribution in [0.2, 0.25) is 0 Å². The predicted octanol–water partition coefficient (Wildman–Crippen LogP) is 1.15. The molecular weight excluding hydrogens is 228 g/mol. The molecule has 0 saturated carbocycles. The van der Waals surface area contributed by atoms with E-state index in [1.807, 2.05) is 11.7 Å². The molecule has 5 heteroatoms. The molecule has 1 aliphatic rings. The zero-order valence-electron chi connectivity index (χ0n) is 11.8. The van der Waals surface area contributed by atoms with E-state index in [2.05, 4.69) is 36.2 Å². The second-order valence-corrected chi connectivity index (χ2v) is 5.64. The lowest BCUT2D eigenvalue weighted by Gasteiger charge is -2.33. The van der Waals surface area contributed by atoms with Gasteiger partial charge in [-0.2, -0.15) is 5.10 Å². The first-order chi connectivity index (χ1) is 8.53.